The molecule has 0 saturated heterocycles. The van der Waals surface area contributed by atoms with E-state index in [0.29, 0.717) is 28.3 Å². The van der Waals surface area contributed by atoms with Crippen LogP contribution in [0, 0.1) is 19.7 Å². The maximum absolute atomic E-state index is 13.1. The van der Waals surface area contributed by atoms with E-state index in [2.05, 4.69) is 10.0 Å². The third kappa shape index (κ3) is 5.41. The molecule has 0 bridgehead atoms. The van der Waals surface area contributed by atoms with Crippen LogP contribution in [0.2, 0.25) is 0 Å². The van der Waals surface area contributed by atoms with Crippen molar-refractivity contribution in [3.05, 3.63) is 77.6 Å². The van der Waals surface area contributed by atoms with E-state index in [1.54, 1.807) is 38.1 Å². The van der Waals surface area contributed by atoms with Gasteiger partial charge in [0.2, 0.25) is 0 Å². The summed E-state index contributed by atoms with van der Waals surface area (Å²) in [6.07, 6.45) is 0. The third-order valence-electron chi connectivity index (χ3n) is 4.34. The molecule has 0 fully saturated rings. The molecule has 10 heteroatoms. The molecule has 0 atom stereocenters. The average molecular weight is 458 g/mol. The molecule has 3 N–H and O–H groups in total. The van der Waals surface area contributed by atoms with Crippen LogP contribution < -0.4 is 14.8 Å². The molecule has 0 spiro atoms. The topological polar surface area (TPSA) is 122 Å². The van der Waals surface area contributed by atoms with Crippen molar-refractivity contribution in [2.75, 3.05) is 10.0 Å². The number of ether oxygens (including phenoxy) is 1. The zero-order valence-corrected chi connectivity index (χ0v) is 17.9. The highest BCUT2D eigenvalue weighted by Gasteiger charge is 2.16. The lowest BCUT2D eigenvalue weighted by Gasteiger charge is -2.15. The predicted octanol–water partition coefficient (Wildman–Crippen LogP) is 4.06. The Bertz CT molecular complexity index is 1270. The van der Waals surface area contributed by atoms with Crippen molar-refractivity contribution in [3.63, 3.8) is 0 Å². The summed E-state index contributed by atoms with van der Waals surface area (Å²) in [7, 11) is -3.92. The number of sulfonamides is 1. The number of carbonyl (C=O) groups is 2. The minimum Gasteiger partial charge on any atom is -0.474 e. The molecule has 0 aromatic heterocycles. The smallest absolute Gasteiger partial charge is 0.394 e. The molecular weight excluding hydrogens is 439 g/mol. The van der Waals surface area contributed by atoms with Crippen LogP contribution in [-0.4, -0.2) is 25.4 Å². The first kappa shape index (κ1) is 22.8. The van der Waals surface area contributed by atoms with Gasteiger partial charge >= 0.3 is 11.9 Å². The lowest BCUT2D eigenvalue weighted by molar-refractivity contribution is -0.147. The molecule has 0 saturated carbocycles. The molecule has 1 amide bonds. The molecule has 166 valence electrons. The van der Waals surface area contributed by atoms with Crippen molar-refractivity contribution in [2.45, 2.75) is 18.7 Å². The molecule has 0 heterocycles. The first-order valence-electron chi connectivity index (χ1n) is 9.27. The van der Waals surface area contributed by atoms with Gasteiger partial charge in [0.15, 0.2) is 0 Å². The number of amides is 1. The van der Waals surface area contributed by atoms with E-state index < -0.39 is 27.7 Å². The number of carbonyl (C=O) groups excluding carboxylic acids is 1. The van der Waals surface area contributed by atoms with Gasteiger partial charge in [0, 0.05) is 11.8 Å². The number of rotatable bonds is 6. The van der Waals surface area contributed by atoms with Gasteiger partial charge in [-0.2, -0.15) is 0 Å². The summed E-state index contributed by atoms with van der Waals surface area (Å²) < 4.78 is 46.4. The quantitative estimate of drug-likeness (QED) is 0.479. The lowest BCUT2D eigenvalue weighted by Crippen LogP contribution is -2.21. The van der Waals surface area contributed by atoms with E-state index in [4.69, 9.17) is 9.84 Å². The first-order chi connectivity index (χ1) is 15.0. The Morgan fingerprint density at radius 3 is 2.16 bits per heavy atom. The Balaban J connectivity index is 1.81. The second kappa shape index (κ2) is 9.06. The maximum atomic E-state index is 13.1. The summed E-state index contributed by atoms with van der Waals surface area (Å²) in [5.74, 6) is -2.48. The minimum absolute atomic E-state index is 0.0871. The van der Waals surface area contributed by atoms with Crippen molar-refractivity contribution in [3.8, 4) is 11.5 Å². The number of carboxylic acid groups (broad SMARTS) is 1. The molecule has 0 unspecified atom stereocenters. The Morgan fingerprint density at radius 1 is 0.938 bits per heavy atom. The van der Waals surface area contributed by atoms with E-state index in [1.807, 2.05) is 0 Å². The molecule has 0 aliphatic heterocycles. The zero-order valence-electron chi connectivity index (χ0n) is 17.0. The average Bonchev–Trinajstić information content (AvgIpc) is 2.71. The second-order valence-corrected chi connectivity index (χ2v) is 8.57. The number of aliphatic carboxylic acids is 1. The molecular formula is C22H19FN2O6S. The largest absolute Gasteiger partial charge is 0.474 e. The van der Waals surface area contributed by atoms with Gasteiger partial charge in [-0.25, -0.2) is 17.6 Å². The number of halogens is 1. The van der Waals surface area contributed by atoms with Crippen LogP contribution in [0.1, 0.15) is 11.1 Å². The Hall–Kier alpha value is -3.92. The van der Waals surface area contributed by atoms with Crippen LogP contribution in [-0.2, 0) is 19.6 Å². The Morgan fingerprint density at radius 2 is 1.56 bits per heavy atom. The van der Waals surface area contributed by atoms with E-state index in [0.717, 1.165) is 24.3 Å². The Kier molecular flexibility index (Phi) is 6.45. The third-order valence-corrected chi connectivity index (χ3v) is 5.74. The molecule has 3 rings (SSSR count). The summed E-state index contributed by atoms with van der Waals surface area (Å²) in [5, 5.41) is 11.0. The van der Waals surface area contributed by atoms with Gasteiger partial charge in [0.25, 0.3) is 10.0 Å². The van der Waals surface area contributed by atoms with E-state index in [-0.39, 0.29) is 10.6 Å². The highest BCUT2D eigenvalue weighted by Crippen LogP contribution is 2.32. The van der Waals surface area contributed by atoms with Crippen molar-refractivity contribution in [1.29, 1.82) is 0 Å². The number of hydrogen-bond acceptors (Lipinski definition) is 5. The Labute approximate surface area is 183 Å². The summed E-state index contributed by atoms with van der Waals surface area (Å²) >= 11 is 0. The molecule has 0 aliphatic carbocycles. The van der Waals surface area contributed by atoms with Crippen LogP contribution in [0.5, 0.6) is 11.5 Å². The SMILES string of the molecule is Cc1cc(NC(=O)C(=O)O)cc(C)c1Oc1cccc(NS(=O)(=O)c2ccc(F)cc2)c1. The van der Waals surface area contributed by atoms with E-state index >= 15 is 0 Å². The number of anilines is 2. The van der Waals surface area contributed by atoms with Gasteiger partial charge in [-0.1, -0.05) is 6.07 Å². The maximum Gasteiger partial charge on any atom is 0.394 e. The van der Waals surface area contributed by atoms with Crippen LogP contribution in [0.4, 0.5) is 15.8 Å². The number of aryl methyl sites for hydroxylation is 2. The van der Waals surface area contributed by atoms with E-state index in [1.165, 1.54) is 12.1 Å². The standard InChI is InChI=1S/C22H19FN2O6S/c1-13-10-17(24-21(26)22(27)28)11-14(2)20(13)31-18-5-3-4-16(12-18)25-32(29,30)19-8-6-15(23)7-9-19/h3-12,25H,1-2H3,(H,24,26)(H,27,28). The monoisotopic (exact) mass is 458 g/mol. The normalized spacial score (nSPS) is 11.0. The van der Waals surface area contributed by atoms with Crippen LogP contribution in [0.25, 0.3) is 0 Å². The summed E-state index contributed by atoms with van der Waals surface area (Å²) in [6.45, 7) is 3.44. The second-order valence-electron chi connectivity index (χ2n) is 6.89. The van der Waals surface area contributed by atoms with Crippen molar-refractivity contribution < 1.29 is 32.2 Å². The predicted molar refractivity (Wildman–Crippen MR) is 116 cm³/mol. The van der Waals surface area contributed by atoms with Gasteiger partial charge in [-0.05, 0) is 73.5 Å². The van der Waals surface area contributed by atoms with Crippen molar-refractivity contribution in [1.82, 2.24) is 0 Å². The van der Waals surface area contributed by atoms with Crippen molar-refractivity contribution in [2.24, 2.45) is 0 Å². The summed E-state index contributed by atoms with van der Waals surface area (Å²) in [4.78, 5) is 22.0. The molecule has 3 aromatic carbocycles. The fourth-order valence-corrected chi connectivity index (χ4v) is 3.99. The fraction of sp³-hybridized carbons (Fsp3) is 0.0909. The number of benzene rings is 3. The van der Waals surface area contributed by atoms with Gasteiger partial charge in [0.1, 0.15) is 17.3 Å². The van der Waals surface area contributed by atoms with Gasteiger partial charge in [0.05, 0.1) is 10.6 Å². The molecule has 32 heavy (non-hydrogen) atoms. The van der Waals surface area contributed by atoms with Crippen molar-refractivity contribution >= 4 is 33.3 Å². The van der Waals surface area contributed by atoms with Crippen LogP contribution in [0.3, 0.4) is 0 Å². The molecule has 3 aromatic rings. The molecule has 0 aliphatic rings. The number of carboxylic acids is 1. The lowest BCUT2D eigenvalue weighted by atomic mass is 10.1. The van der Waals surface area contributed by atoms with Gasteiger partial charge in [-0.15, -0.1) is 0 Å². The van der Waals surface area contributed by atoms with Gasteiger partial charge in [-0.3, -0.25) is 9.52 Å². The summed E-state index contributed by atoms with van der Waals surface area (Å²) in [6, 6.07) is 13.8. The number of hydrogen-bond donors (Lipinski definition) is 3. The first-order valence-corrected chi connectivity index (χ1v) is 10.8. The highest BCUT2D eigenvalue weighted by atomic mass is 32.2. The summed E-state index contributed by atoms with van der Waals surface area (Å²) in [5.41, 5.74) is 1.80. The van der Waals surface area contributed by atoms with E-state index in [9.17, 15) is 22.4 Å². The van der Waals surface area contributed by atoms with Crippen LogP contribution in [0.15, 0.2) is 65.6 Å². The molecule has 8 nitrogen and oxygen atoms in total. The fourth-order valence-electron chi connectivity index (χ4n) is 2.94. The minimum atomic E-state index is -3.92. The zero-order chi connectivity index (χ0) is 23.5. The molecule has 0 radical (unpaired) electrons. The van der Waals surface area contributed by atoms with Gasteiger partial charge < -0.3 is 15.2 Å². The van der Waals surface area contributed by atoms with Crippen LogP contribution >= 0.6 is 0 Å². The highest BCUT2D eigenvalue weighted by molar-refractivity contribution is 7.92. The number of nitrogens with one attached hydrogen (secondary N) is 2.